The first kappa shape index (κ1) is 22.1. The number of carbonyl (C=O) groups excluding carboxylic acids is 3. The molecule has 11 nitrogen and oxygen atoms in total. The molecule has 1 unspecified atom stereocenters. The Morgan fingerprint density at radius 2 is 1.78 bits per heavy atom. The standard InChI is InChI=1S/C16H28N6O5/c1-16(2,3)11(27-15(19)25)7-5-6-10(26-14(18)24)13(23)21-9-8-20-22(4)12(9)17/h8,10-11H,5-7,17H2,1-4H3,(H2,18,24)(H2,19,25)(H,21,23)/t10-,11?/m0/s1. The average Bonchev–Trinajstić information content (AvgIpc) is 2.83. The van der Waals surface area contributed by atoms with Crippen LogP contribution in [-0.4, -0.2) is 40.1 Å². The third-order valence-electron chi connectivity index (χ3n) is 3.95. The number of ether oxygens (including phenoxy) is 2. The van der Waals surface area contributed by atoms with Crippen molar-refractivity contribution in [3.8, 4) is 0 Å². The molecule has 0 aromatic carbocycles. The van der Waals surface area contributed by atoms with Gasteiger partial charge in [-0.15, -0.1) is 0 Å². The minimum absolute atomic E-state index is 0.170. The number of nitrogen functional groups attached to an aromatic ring is 1. The van der Waals surface area contributed by atoms with Crippen LogP contribution < -0.4 is 22.5 Å². The van der Waals surface area contributed by atoms with Gasteiger partial charge >= 0.3 is 12.2 Å². The Morgan fingerprint density at radius 1 is 1.19 bits per heavy atom. The molecule has 0 bridgehead atoms. The molecule has 7 N–H and O–H groups in total. The predicted octanol–water partition coefficient (Wildman–Crippen LogP) is 1.09. The maximum atomic E-state index is 12.4. The first-order valence-electron chi connectivity index (χ1n) is 8.42. The van der Waals surface area contributed by atoms with Crippen LogP contribution >= 0.6 is 0 Å². The lowest BCUT2D eigenvalue weighted by Gasteiger charge is -2.30. The van der Waals surface area contributed by atoms with Crippen molar-refractivity contribution in [2.24, 2.45) is 23.9 Å². The number of amides is 3. The molecule has 27 heavy (non-hydrogen) atoms. The van der Waals surface area contributed by atoms with E-state index in [4.69, 9.17) is 26.7 Å². The van der Waals surface area contributed by atoms with Crippen LogP contribution in [0.1, 0.15) is 40.0 Å². The maximum Gasteiger partial charge on any atom is 0.405 e. The molecule has 0 fully saturated rings. The van der Waals surface area contributed by atoms with Gasteiger partial charge in [0, 0.05) is 7.05 Å². The summed E-state index contributed by atoms with van der Waals surface area (Å²) in [6.07, 6.45) is -1.14. The second-order valence-electron chi connectivity index (χ2n) is 7.20. The first-order chi connectivity index (χ1) is 12.4. The fourth-order valence-corrected chi connectivity index (χ4v) is 2.44. The van der Waals surface area contributed by atoms with Crippen molar-refractivity contribution >= 4 is 29.6 Å². The summed E-state index contributed by atoms with van der Waals surface area (Å²) in [6.45, 7) is 5.70. The zero-order chi connectivity index (χ0) is 20.8. The van der Waals surface area contributed by atoms with E-state index >= 15 is 0 Å². The largest absolute Gasteiger partial charge is 0.446 e. The van der Waals surface area contributed by atoms with Gasteiger partial charge in [-0.05, 0) is 24.7 Å². The molecule has 0 radical (unpaired) electrons. The Hall–Kier alpha value is -2.98. The Bertz CT molecular complexity index is 681. The van der Waals surface area contributed by atoms with Gasteiger partial charge < -0.3 is 32.0 Å². The van der Waals surface area contributed by atoms with E-state index in [9.17, 15) is 14.4 Å². The van der Waals surface area contributed by atoms with Gasteiger partial charge in [0.15, 0.2) is 6.10 Å². The molecule has 152 valence electrons. The van der Waals surface area contributed by atoms with Crippen LogP contribution in [-0.2, 0) is 21.3 Å². The number of rotatable bonds is 8. The Balaban J connectivity index is 2.73. The molecule has 2 atom stereocenters. The zero-order valence-electron chi connectivity index (χ0n) is 16.0. The van der Waals surface area contributed by atoms with Gasteiger partial charge in [-0.2, -0.15) is 5.10 Å². The monoisotopic (exact) mass is 384 g/mol. The lowest BCUT2D eigenvalue weighted by atomic mass is 9.85. The number of nitrogens with zero attached hydrogens (tertiary/aromatic N) is 2. The van der Waals surface area contributed by atoms with Gasteiger partial charge in [-0.1, -0.05) is 20.8 Å². The van der Waals surface area contributed by atoms with Crippen molar-refractivity contribution in [3.63, 3.8) is 0 Å². The number of primary amides is 2. The van der Waals surface area contributed by atoms with Crippen molar-refractivity contribution in [2.75, 3.05) is 11.1 Å². The van der Waals surface area contributed by atoms with E-state index in [1.807, 2.05) is 20.8 Å². The molecular weight excluding hydrogens is 356 g/mol. The topological polar surface area (TPSA) is 178 Å². The molecule has 1 aromatic heterocycles. The number of anilines is 2. The summed E-state index contributed by atoms with van der Waals surface area (Å²) >= 11 is 0. The van der Waals surface area contributed by atoms with Crippen LogP contribution in [0.4, 0.5) is 21.1 Å². The van der Waals surface area contributed by atoms with Crippen molar-refractivity contribution in [1.82, 2.24) is 9.78 Å². The minimum atomic E-state index is -1.13. The number of hydrogen-bond donors (Lipinski definition) is 4. The van der Waals surface area contributed by atoms with Crippen LogP contribution in [0.25, 0.3) is 0 Å². The normalized spacial score (nSPS) is 13.5. The van der Waals surface area contributed by atoms with E-state index in [2.05, 4.69) is 10.4 Å². The van der Waals surface area contributed by atoms with Crippen LogP contribution in [0.2, 0.25) is 0 Å². The van der Waals surface area contributed by atoms with Gasteiger partial charge in [0.25, 0.3) is 5.91 Å². The molecule has 1 aromatic rings. The number of aryl methyl sites for hydroxylation is 1. The summed E-state index contributed by atoms with van der Waals surface area (Å²) in [6, 6.07) is 0. The summed E-state index contributed by atoms with van der Waals surface area (Å²) in [5, 5.41) is 6.47. The quantitative estimate of drug-likeness (QED) is 0.518. The number of carbonyl (C=O) groups is 3. The molecule has 0 aliphatic rings. The zero-order valence-corrected chi connectivity index (χ0v) is 16.0. The molecule has 1 heterocycles. The van der Waals surface area contributed by atoms with Gasteiger partial charge in [-0.25, -0.2) is 9.59 Å². The Kier molecular flexibility index (Phi) is 7.44. The van der Waals surface area contributed by atoms with Gasteiger partial charge in [0.1, 0.15) is 17.6 Å². The number of aromatic nitrogens is 2. The van der Waals surface area contributed by atoms with E-state index in [0.717, 1.165) is 0 Å². The average molecular weight is 384 g/mol. The van der Waals surface area contributed by atoms with Crippen molar-refractivity contribution in [2.45, 2.75) is 52.2 Å². The van der Waals surface area contributed by atoms with E-state index in [-0.39, 0.29) is 17.7 Å². The lowest BCUT2D eigenvalue weighted by Crippen LogP contribution is -2.36. The Morgan fingerprint density at radius 3 is 2.22 bits per heavy atom. The van der Waals surface area contributed by atoms with E-state index in [1.54, 1.807) is 7.05 Å². The highest BCUT2D eigenvalue weighted by Gasteiger charge is 2.29. The second kappa shape index (κ2) is 9.10. The number of nitrogens with one attached hydrogen (secondary N) is 1. The number of nitrogens with two attached hydrogens (primary N) is 3. The SMILES string of the molecule is Cn1ncc(NC(=O)[C@H](CCCC(OC(N)=O)C(C)(C)C)OC(N)=O)c1N. The molecule has 0 aliphatic heterocycles. The van der Waals surface area contributed by atoms with Gasteiger partial charge in [0.05, 0.1) is 6.20 Å². The molecule has 0 saturated heterocycles. The minimum Gasteiger partial charge on any atom is -0.446 e. The molecule has 11 heteroatoms. The fourth-order valence-electron chi connectivity index (χ4n) is 2.44. The third kappa shape index (κ3) is 7.04. The molecule has 0 aliphatic carbocycles. The molecule has 1 rings (SSSR count). The summed E-state index contributed by atoms with van der Waals surface area (Å²) in [4.78, 5) is 34.6. The smallest absolute Gasteiger partial charge is 0.405 e. The van der Waals surface area contributed by atoms with Crippen molar-refractivity contribution < 1.29 is 23.9 Å². The van der Waals surface area contributed by atoms with E-state index < -0.39 is 30.3 Å². The fraction of sp³-hybridized carbons (Fsp3) is 0.625. The Labute approximate surface area is 157 Å². The third-order valence-corrected chi connectivity index (χ3v) is 3.95. The van der Waals surface area contributed by atoms with E-state index in [1.165, 1.54) is 10.9 Å². The maximum absolute atomic E-state index is 12.4. The van der Waals surface area contributed by atoms with Crippen LogP contribution in [0.5, 0.6) is 0 Å². The molecule has 0 spiro atoms. The van der Waals surface area contributed by atoms with Crippen LogP contribution in [0.15, 0.2) is 6.20 Å². The summed E-state index contributed by atoms with van der Waals surface area (Å²) < 4.78 is 11.4. The first-order valence-corrected chi connectivity index (χ1v) is 8.42. The molecular formula is C16H28N6O5. The summed E-state index contributed by atoms with van der Waals surface area (Å²) in [5.41, 5.74) is 15.9. The van der Waals surface area contributed by atoms with Gasteiger partial charge in [0.2, 0.25) is 0 Å². The number of hydrogen-bond acceptors (Lipinski definition) is 7. The second-order valence-corrected chi connectivity index (χ2v) is 7.20. The lowest BCUT2D eigenvalue weighted by molar-refractivity contribution is -0.124. The van der Waals surface area contributed by atoms with Crippen molar-refractivity contribution in [3.05, 3.63) is 6.20 Å². The molecule has 0 saturated carbocycles. The highest BCUT2D eigenvalue weighted by Crippen LogP contribution is 2.27. The van der Waals surface area contributed by atoms with Crippen LogP contribution in [0.3, 0.4) is 0 Å². The molecule has 3 amide bonds. The van der Waals surface area contributed by atoms with E-state index in [0.29, 0.717) is 18.5 Å². The highest BCUT2D eigenvalue weighted by atomic mass is 16.6. The summed E-state index contributed by atoms with van der Waals surface area (Å²) in [7, 11) is 1.62. The van der Waals surface area contributed by atoms with Crippen LogP contribution in [0, 0.1) is 5.41 Å². The summed E-state index contributed by atoms with van der Waals surface area (Å²) in [5.74, 6) is -0.333. The highest BCUT2D eigenvalue weighted by molar-refractivity contribution is 5.97. The van der Waals surface area contributed by atoms with Crippen molar-refractivity contribution in [1.29, 1.82) is 0 Å². The predicted molar refractivity (Wildman–Crippen MR) is 98.5 cm³/mol. The van der Waals surface area contributed by atoms with Gasteiger partial charge in [-0.3, -0.25) is 9.48 Å².